The summed E-state index contributed by atoms with van der Waals surface area (Å²) < 4.78 is 12.6. The number of aromatic hydroxyl groups is 1. The van der Waals surface area contributed by atoms with Crippen LogP contribution in [0.1, 0.15) is 31.7 Å². The first-order valence-electron chi connectivity index (χ1n) is 12.7. The summed E-state index contributed by atoms with van der Waals surface area (Å²) in [7, 11) is 0. The molecule has 5 rings (SSSR count). The molecule has 1 aromatic heterocycles. The van der Waals surface area contributed by atoms with Crippen molar-refractivity contribution in [2.45, 2.75) is 32.6 Å². The highest BCUT2D eigenvalue weighted by Gasteiger charge is 2.23. The van der Waals surface area contributed by atoms with E-state index in [1.165, 1.54) is 32.4 Å². The second kappa shape index (κ2) is 10.8. The fraction of sp³-hybridized carbons (Fsp3) is 0.290. The van der Waals surface area contributed by atoms with E-state index in [9.17, 15) is 5.11 Å². The summed E-state index contributed by atoms with van der Waals surface area (Å²) >= 11 is 0. The molecule has 35 heavy (non-hydrogen) atoms. The van der Waals surface area contributed by atoms with E-state index >= 15 is 0 Å². The van der Waals surface area contributed by atoms with Crippen molar-refractivity contribution in [1.82, 2.24) is 4.90 Å². The van der Waals surface area contributed by atoms with Gasteiger partial charge in [0, 0.05) is 28.8 Å². The maximum atomic E-state index is 9.76. The van der Waals surface area contributed by atoms with Crippen molar-refractivity contribution in [1.29, 1.82) is 0 Å². The van der Waals surface area contributed by atoms with Crippen LogP contribution in [0.2, 0.25) is 0 Å². The predicted octanol–water partition coefficient (Wildman–Crippen LogP) is 7.41. The summed E-state index contributed by atoms with van der Waals surface area (Å²) in [4.78, 5) is 2.49. The van der Waals surface area contributed by atoms with Crippen molar-refractivity contribution < 1.29 is 14.3 Å². The maximum absolute atomic E-state index is 9.76. The Kier molecular flexibility index (Phi) is 7.20. The van der Waals surface area contributed by atoms with E-state index in [2.05, 4.69) is 48.2 Å². The third-order valence-electron chi connectivity index (χ3n) is 6.79. The Bertz CT molecular complexity index is 1220. The number of hydrogen-bond acceptors (Lipinski definition) is 4. The molecule has 1 saturated heterocycles. The minimum atomic E-state index is 0.248. The van der Waals surface area contributed by atoms with Crippen molar-refractivity contribution in [3.05, 3.63) is 84.4 Å². The highest BCUT2D eigenvalue weighted by atomic mass is 16.5. The first-order chi connectivity index (χ1) is 17.2. The minimum absolute atomic E-state index is 0.248. The molecule has 0 saturated carbocycles. The molecule has 3 aromatic carbocycles. The Morgan fingerprint density at radius 3 is 2.11 bits per heavy atom. The van der Waals surface area contributed by atoms with Crippen molar-refractivity contribution in [2.75, 3.05) is 26.2 Å². The molecule has 4 nitrogen and oxygen atoms in total. The van der Waals surface area contributed by atoms with Crippen LogP contribution < -0.4 is 4.74 Å². The Hall–Kier alpha value is -3.50. The van der Waals surface area contributed by atoms with Gasteiger partial charge in [-0.05, 0) is 74.3 Å². The van der Waals surface area contributed by atoms with Crippen LogP contribution in [0, 0.1) is 0 Å². The van der Waals surface area contributed by atoms with Crippen molar-refractivity contribution in [3.8, 4) is 45.3 Å². The molecular weight excluding hydrogens is 434 g/mol. The quantitative estimate of drug-likeness (QED) is 0.293. The van der Waals surface area contributed by atoms with Gasteiger partial charge in [0.15, 0.2) is 0 Å². The average molecular weight is 468 g/mol. The number of hydrogen-bond donors (Lipinski definition) is 1. The number of phenols is 1. The Morgan fingerprint density at radius 2 is 1.43 bits per heavy atom. The molecule has 0 aliphatic carbocycles. The van der Waals surface area contributed by atoms with Gasteiger partial charge in [-0.3, -0.25) is 4.90 Å². The number of nitrogens with zero attached hydrogens (tertiary/aromatic N) is 1. The molecular formula is C31H33NO3. The molecule has 0 radical (unpaired) electrons. The Morgan fingerprint density at radius 1 is 0.771 bits per heavy atom. The third-order valence-corrected chi connectivity index (χ3v) is 6.79. The summed E-state index contributed by atoms with van der Waals surface area (Å²) in [5, 5.41) is 9.76. The molecule has 2 heterocycles. The number of rotatable bonds is 8. The lowest BCUT2D eigenvalue weighted by atomic mass is 9.94. The van der Waals surface area contributed by atoms with Gasteiger partial charge in [0.1, 0.15) is 29.6 Å². The lowest BCUT2D eigenvalue weighted by molar-refractivity contribution is 0.183. The lowest BCUT2D eigenvalue weighted by Crippen LogP contribution is -2.33. The monoisotopic (exact) mass is 467 g/mol. The van der Waals surface area contributed by atoms with Crippen LogP contribution in [0.15, 0.2) is 83.3 Å². The molecule has 1 N–H and O–H groups in total. The van der Waals surface area contributed by atoms with Crippen molar-refractivity contribution in [2.24, 2.45) is 0 Å². The second-order valence-electron chi connectivity index (χ2n) is 9.16. The van der Waals surface area contributed by atoms with Gasteiger partial charge in [-0.15, -0.1) is 0 Å². The van der Waals surface area contributed by atoms with E-state index in [1.54, 1.807) is 12.1 Å². The van der Waals surface area contributed by atoms with Crippen LogP contribution in [-0.2, 0) is 6.42 Å². The van der Waals surface area contributed by atoms with Gasteiger partial charge in [0.2, 0.25) is 0 Å². The van der Waals surface area contributed by atoms with Crippen molar-refractivity contribution in [3.63, 3.8) is 0 Å². The van der Waals surface area contributed by atoms with Crippen LogP contribution in [0.25, 0.3) is 33.8 Å². The molecule has 1 aliphatic rings. The molecule has 0 atom stereocenters. The maximum Gasteiger partial charge on any atom is 0.142 e. The number of furan rings is 1. The molecule has 1 aliphatic heterocycles. The van der Waals surface area contributed by atoms with Crippen LogP contribution in [0.5, 0.6) is 11.5 Å². The zero-order valence-corrected chi connectivity index (χ0v) is 20.4. The van der Waals surface area contributed by atoms with Crippen LogP contribution in [0.3, 0.4) is 0 Å². The summed E-state index contributed by atoms with van der Waals surface area (Å²) in [6.07, 6.45) is 4.78. The summed E-state index contributed by atoms with van der Waals surface area (Å²) in [6, 6.07) is 25.9. The third kappa shape index (κ3) is 5.28. The fourth-order valence-electron chi connectivity index (χ4n) is 4.94. The number of phenolic OH excluding ortho intramolecular Hbond substituents is 1. The number of ether oxygens (including phenoxy) is 1. The summed E-state index contributed by atoms with van der Waals surface area (Å²) in [5.74, 6) is 2.86. The predicted molar refractivity (Wildman–Crippen MR) is 142 cm³/mol. The smallest absolute Gasteiger partial charge is 0.142 e. The Labute approximate surface area is 207 Å². The lowest BCUT2D eigenvalue weighted by Gasteiger charge is -2.26. The summed E-state index contributed by atoms with van der Waals surface area (Å²) in [6.45, 7) is 6.23. The Balaban J connectivity index is 1.45. The van der Waals surface area contributed by atoms with Gasteiger partial charge in [0.05, 0.1) is 0 Å². The van der Waals surface area contributed by atoms with E-state index < -0.39 is 0 Å². The first-order valence-corrected chi connectivity index (χ1v) is 12.7. The molecule has 180 valence electrons. The van der Waals surface area contributed by atoms with Gasteiger partial charge in [0.25, 0.3) is 0 Å². The van der Waals surface area contributed by atoms with Gasteiger partial charge in [-0.25, -0.2) is 0 Å². The van der Waals surface area contributed by atoms with E-state index in [0.717, 1.165) is 58.1 Å². The number of benzene rings is 3. The van der Waals surface area contributed by atoms with E-state index in [4.69, 9.17) is 9.15 Å². The molecule has 4 heteroatoms. The molecule has 1 fully saturated rings. The topological polar surface area (TPSA) is 45.8 Å². The zero-order valence-electron chi connectivity index (χ0n) is 20.4. The minimum Gasteiger partial charge on any atom is -0.508 e. The average Bonchev–Trinajstić information content (AvgIpc) is 3.30. The van der Waals surface area contributed by atoms with Crippen LogP contribution in [0.4, 0.5) is 0 Å². The van der Waals surface area contributed by atoms with E-state index in [1.807, 2.05) is 30.3 Å². The molecule has 0 spiro atoms. The van der Waals surface area contributed by atoms with E-state index in [-0.39, 0.29) is 5.75 Å². The fourth-order valence-corrected chi connectivity index (χ4v) is 4.94. The second-order valence-corrected chi connectivity index (χ2v) is 9.16. The number of piperidine rings is 1. The molecule has 0 bridgehead atoms. The molecule has 4 aromatic rings. The normalized spacial score (nSPS) is 14.2. The van der Waals surface area contributed by atoms with Crippen LogP contribution >= 0.6 is 0 Å². The first kappa shape index (κ1) is 23.3. The summed E-state index contributed by atoms with van der Waals surface area (Å²) in [5.41, 5.74) is 5.39. The highest BCUT2D eigenvalue weighted by molar-refractivity contribution is 5.87. The zero-order chi connectivity index (χ0) is 24.0. The van der Waals surface area contributed by atoms with E-state index in [0.29, 0.717) is 6.61 Å². The molecule has 0 unspecified atom stereocenters. The van der Waals surface area contributed by atoms with Gasteiger partial charge in [-0.2, -0.15) is 0 Å². The SMILES string of the molecule is CCc1c(-c2ccc(O)cc2)oc(-c2ccccc2)c1-c1ccc(OCCN2CCCCC2)cc1. The van der Waals surface area contributed by atoms with Gasteiger partial charge in [-0.1, -0.05) is 55.8 Å². The molecule has 0 amide bonds. The standard InChI is InChI=1S/C31H33NO3/c1-2-28-29(23-13-17-27(18-14-23)34-22-21-32-19-7-4-8-20-32)31(24-9-5-3-6-10-24)35-30(28)25-11-15-26(33)16-12-25/h3,5-6,9-18,33H,2,4,7-8,19-22H2,1H3. The van der Waals surface area contributed by atoms with Gasteiger partial charge < -0.3 is 14.3 Å². The van der Waals surface area contributed by atoms with Crippen molar-refractivity contribution >= 4 is 0 Å². The largest absolute Gasteiger partial charge is 0.508 e. The number of likely N-dealkylation sites (tertiary alicyclic amines) is 1. The highest BCUT2D eigenvalue weighted by Crippen LogP contribution is 2.44. The van der Waals surface area contributed by atoms with Gasteiger partial charge >= 0.3 is 0 Å². The van der Waals surface area contributed by atoms with Crippen LogP contribution in [-0.4, -0.2) is 36.2 Å².